The van der Waals surface area contributed by atoms with Crippen LogP contribution in [0.4, 0.5) is 0 Å². The van der Waals surface area contributed by atoms with Gasteiger partial charge in [0, 0.05) is 5.75 Å². The van der Waals surface area contributed by atoms with Gasteiger partial charge in [0.1, 0.15) is 0 Å². The maximum Gasteiger partial charge on any atom is 0.152 e. The molecule has 1 atom stereocenters. The third-order valence-electron chi connectivity index (χ3n) is 1.17. The van der Waals surface area contributed by atoms with Crippen LogP contribution in [-0.4, -0.2) is 14.5 Å². The quantitative estimate of drug-likeness (QED) is 0.485. The second-order valence-electron chi connectivity index (χ2n) is 2.09. The highest BCUT2D eigenvalue weighted by atomic mass is 32.2. The Hall–Kier alpha value is 0.0700. The molecule has 0 amide bonds. The summed E-state index contributed by atoms with van der Waals surface area (Å²) in [6, 6.07) is 0. The molecule has 0 aliphatic rings. The molecule has 64 valence electrons. The fourth-order valence-corrected chi connectivity index (χ4v) is 1.10. The van der Waals surface area contributed by atoms with Crippen LogP contribution in [0.25, 0.3) is 0 Å². The van der Waals surface area contributed by atoms with Crippen molar-refractivity contribution < 1.29 is 8.76 Å². The van der Waals surface area contributed by atoms with E-state index in [1.165, 1.54) is 12.8 Å². The molecule has 0 aromatic carbocycles. The second kappa shape index (κ2) is 9.07. The maximum absolute atomic E-state index is 10.1. The molecule has 0 aliphatic heterocycles. The van der Waals surface area contributed by atoms with Gasteiger partial charge in [-0.2, -0.15) is 0 Å². The monoisotopic (exact) mass is 167 g/mol. The lowest BCUT2D eigenvalue weighted by Crippen LogP contribution is -1.93. The van der Waals surface area contributed by atoms with Crippen LogP contribution in [0.15, 0.2) is 0 Å². The Balaban J connectivity index is 0. The first-order valence-corrected chi connectivity index (χ1v) is 4.62. The van der Waals surface area contributed by atoms with Gasteiger partial charge in [0.2, 0.25) is 0 Å². The Bertz CT molecular complexity index is 87.8. The zero-order valence-corrected chi connectivity index (χ0v) is 7.32. The lowest BCUT2D eigenvalue weighted by molar-refractivity contribution is 0.558. The summed E-state index contributed by atoms with van der Waals surface area (Å²) in [6.45, 7) is 2.12. The van der Waals surface area contributed by atoms with Crippen molar-refractivity contribution >= 4 is 11.1 Å². The molecule has 0 spiro atoms. The average Bonchev–Trinajstić information content (AvgIpc) is 1.80. The van der Waals surface area contributed by atoms with E-state index in [0.29, 0.717) is 5.75 Å². The summed E-state index contributed by atoms with van der Waals surface area (Å²) in [4.78, 5) is 0. The summed E-state index contributed by atoms with van der Waals surface area (Å²) < 4.78 is 18.4. The van der Waals surface area contributed by atoms with Crippen LogP contribution in [-0.2, 0) is 11.1 Å². The zero-order valence-electron chi connectivity index (χ0n) is 6.51. The van der Waals surface area contributed by atoms with E-state index in [-0.39, 0.29) is 6.15 Å². The highest BCUT2D eigenvalue weighted by Gasteiger charge is 1.91. The van der Waals surface area contributed by atoms with Gasteiger partial charge in [-0.1, -0.05) is 26.2 Å². The summed E-state index contributed by atoms with van der Waals surface area (Å²) in [6.07, 6.45) is 4.33. The first kappa shape index (κ1) is 12.7. The molecule has 0 saturated heterocycles. The second-order valence-corrected chi connectivity index (χ2v) is 3.14. The summed E-state index contributed by atoms with van der Waals surface area (Å²) in [5.74, 6) is 0.444. The van der Waals surface area contributed by atoms with Gasteiger partial charge >= 0.3 is 0 Å². The van der Waals surface area contributed by atoms with Crippen molar-refractivity contribution in [2.24, 2.45) is 0 Å². The molecular formula is C6H17NO2S. The first-order chi connectivity index (χ1) is 4.27. The van der Waals surface area contributed by atoms with Gasteiger partial charge in [0.25, 0.3) is 0 Å². The Morgan fingerprint density at radius 3 is 2.30 bits per heavy atom. The van der Waals surface area contributed by atoms with Gasteiger partial charge in [-0.05, 0) is 6.42 Å². The fraction of sp³-hybridized carbons (Fsp3) is 1.00. The number of unbranched alkanes of at least 4 members (excludes halogenated alkanes) is 3. The highest BCUT2D eigenvalue weighted by Crippen LogP contribution is 1.98. The highest BCUT2D eigenvalue weighted by molar-refractivity contribution is 7.79. The summed E-state index contributed by atoms with van der Waals surface area (Å²) in [7, 11) is 0. The minimum Gasteiger partial charge on any atom is -0.344 e. The Morgan fingerprint density at radius 2 is 1.90 bits per heavy atom. The standard InChI is InChI=1S/C6H14O2S.H3N/c1-2-3-4-5-6-9(7)8;/h2-6H2,1H3,(H,7,8);1H3. The van der Waals surface area contributed by atoms with Crippen molar-refractivity contribution in [2.45, 2.75) is 32.6 Å². The summed E-state index contributed by atoms with van der Waals surface area (Å²) >= 11 is -1.57. The van der Waals surface area contributed by atoms with E-state index in [2.05, 4.69) is 6.92 Å². The molecule has 1 unspecified atom stereocenters. The van der Waals surface area contributed by atoms with E-state index in [1.54, 1.807) is 0 Å². The van der Waals surface area contributed by atoms with Gasteiger partial charge in [-0.15, -0.1) is 0 Å². The molecule has 0 saturated carbocycles. The van der Waals surface area contributed by atoms with Crippen molar-refractivity contribution in [3.05, 3.63) is 0 Å². The Kier molecular flexibility index (Phi) is 11.5. The predicted molar refractivity (Wildman–Crippen MR) is 44.8 cm³/mol. The Morgan fingerprint density at radius 1 is 1.30 bits per heavy atom. The van der Waals surface area contributed by atoms with Crippen molar-refractivity contribution in [2.75, 3.05) is 5.75 Å². The molecular weight excluding hydrogens is 150 g/mol. The summed E-state index contributed by atoms with van der Waals surface area (Å²) in [5, 5.41) is 0. The topological polar surface area (TPSA) is 72.3 Å². The number of rotatable bonds is 5. The van der Waals surface area contributed by atoms with Crippen molar-refractivity contribution in [3.8, 4) is 0 Å². The van der Waals surface area contributed by atoms with E-state index in [1.807, 2.05) is 0 Å². The van der Waals surface area contributed by atoms with Gasteiger partial charge in [0.15, 0.2) is 11.1 Å². The molecule has 0 fully saturated rings. The third-order valence-corrected chi connectivity index (χ3v) is 1.81. The molecule has 4 N–H and O–H groups in total. The van der Waals surface area contributed by atoms with Crippen molar-refractivity contribution in [1.82, 2.24) is 6.15 Å². The van der Waals surface area contributed by atoms with Gasteiger partial charge < -0.3 is 10.7 Å². The van der Waals surface area contributed by atoms with E-state index in [0.717, 1.165) is 12.8 Å². The van der Waals surface area contributed by atoms with Crippen LogP contribution >= 0.6 is 0 Å². The molecule has 10 heavy (non-hydrogen) atoms. The van der Waals surface area contributed by atoms with Gasteiger partial charge in [-0.3, -0.25) is 0 Å². The van der Waals surface area contributed by atoms with Gasteiger partial charge in [-0.25, -0.2) is 4.21 Å². The molecule has 0 aromatic rings. The van der Waals surface area contributed by atoms with E-state index in [4.69, 9.17) is 4.55 Å². The Labute approximate surface area is 65.1 Å². The molecule has 0 bridgehead atoms. The van der Waals surface area contributed by atoms with E-state index < -0.39 is 11.1 Å². The molecule has 3 nitrogen and oxygen atoms in total. The molecule has 4 heteroatoms. The van der Waals surface area contributed by atoms with Crippen molar-refractivity contribution in [3.63, 3.8) is 0 Å². The zero-order chi connectivity index (χ0) is 7.11. The fourth-order valence-electron chi connectivity index (χ4n) is 0.652. The SMILES string of the molecule is CCCCCCS(=O)O.N. The normalized spacial score (nSPS) is 12.2. The molecule has 0 aromatic heterocycles. The minimum absolute atomic E-state index is 0. The number of hydrogen-bond donors (Lipinski definition) is 2. The predicted octanol–water partition coefficient (Wildman–Crippen LogP) is 1.95. The largest absolute Gasteiger partial charge is 0.344 e. The lowest BCUT2D eigenvalue weighted by Gasteiger charge is -1.93. The van der Waals surface area contributed by atoms with E-state index >= 15 is 0 Å². The molecule has 0 rings (SSSR count). The number of hydrogen-bond acceptors (Lipinski definition) is 2. The molecule has 0 radical (unpaired) electrons. The summed E-state index contributed by atoms with van der Waals surface area (Å²) in [5.41, 5.74) is 0. The maximum atomic E-state index is 10.1. The van der Waals surface area contributed by atoms with Crippen LogP contribution in [0.1, 0.15) is 32.6 Å². The molecule has 0 heterocycles. The smallest absolute Gasteiger partial charge is 0.152 e. The van der Waals surface area contributed by atoms with E-state index in [9.17, 15) is 4.21 Å². The van der Waals surface area contributed by atoms with Crippen LogP contribution in [0.5, 0.6) is 0 Å². The third kappa shape index (κ3) is 10.9. The van der Waals surface area contributed by atoms with Crippen molar-refractivity contribution in [1.29, 1.82) is 0 Å². The average molecular weight is 167 g/mol. The van der Waals surface area contributed by atoms with Crippen LogP contribution < -0.4 is 6.15 Å². The van der Waals surface area contributed by atoms with Gasteiger partial charge in [0.05, 0.1) is 0 Å². The van der Waals surface area contributed by atoms with Crippen LogP contribution in [0.2, 0.25) is 0 Å². The van der Waals surface area contributed by atoms with Crippen LogP contribution in [0.3, 0.4) is 0 Å². The first-order valence-electron chi connectivity index (χ1n) is 3.35. The minimum atomic E-state index is -1.57. The lowest BCUT2D eigenvalue weighted by atomic mass is 10.2. The molecule has 0 aliphatic carbocycles. The van der Waals surface area contributed by atoms with Crippen LogP contribution in [0, 0.1) is 0 Å².